The molecule has 1 N–H and O–H groups in total. The van der Waals surface area contributed by atoms with Crippen molar-refractivity contribution in [2.45, 2.75) is 13.5 Å². The zero-order valence-electron chi connectivity index (χ0n) is 6.90. The van der Waals surface area contributed by atoms with Gasteiger partial charge in [0.15, 0.2) is 0 Å². The van der Waals surface area contributed by atoms with Gasteiger partial charge in [-0.1, -0.05) is 30.1 Å². The predicted octanol–water partition coefficient (Wildman–Crippen LogP) is 3.10. The molecule has 0 amide bonds. The Morgan fingerprint density at radius 3 is 2.25 bits per heavy atom. The van der Waals surface area contributed by atoms with Crippen molar-refractivity contribution in [1.29, 1.82) is 0 Å². The highest BCUT2D eigenvalue weighted by molar-refractivity contribution is 6.34. The Kier molecular flexibility index (Phi) is 3.86. The van der Waals surface area contributed by atoms with E-state index in [4.69, 9.17) is 23.2 Å². The molecular formula is C9H11Cl2N. The lowest BCUT2D eigenvalue weighted by molar-refractivity contribution is 0.727. The van der Waals surface area contributed by atoms with Crippen molar-refractivity contribution < 1.29 is 0 Å². The molecule has 1 aromatic carbocycles. The molecule has 3 heteroatoms. The third-order valence-electron chi connectivity index (χ3n) is 1.50. The number of nitrogens with one attached hydrogen (secondary N) is 1. The van der Waals surface area contributed by atoms with Crippen LogP contribution in [0.15, 0.2) is 18.2 Å². The summed E-state index contributed by atoms with van der Waals surface area (Å²) in [6.07, 6.45) is 0. The van der Waals surface area contributed by atoms with Gasteiger partial charge in [0.25, 0.3) is 0 Å². The Morgan fingerprint density at radius 2 is 1.75 bits per heavy atom. The molecule has 0 saturated heterocycles. The van der Waals surface area contributed by atoms with Gasteiger partial charge in [-0.25, -0.2) is 0 Å². The summed E-state index contributed by atoms with van der Waals surface area (Å²) in [7, 11) is 0. The zero-order valence-corrected chi connectivity index (χ0v) is 8.41. The molecular weight excluding hydrogens is 193 g/mol. The summed E-state index contributed by atoms with van der Waals surface area (Å²) in [5.41, 5.74) is 1.12. The highest BCUT2D eigenvalue weighted by atomic mass is 35.5. The van der Waals surface area contributed by atoms with Crippen LogP contribution in [0.4, 0.5) is 0 Å². The average molecular weight is 204 g/mol. The number of hydrogen-bond acceptors (Lipinski definition) is 1. The van der Waals surface area contributed by atoms with Crippen molar-refractivity contribution in [2.75, 3.05) is 6.54 Å². The lowest BCUT2D eigenvalue weighted by Gasteiger charge is -2.02. The second-order valence-electron chi connectivity index (χ2n) is 2.56. The monoisotopic (exact) mass is 203 g/mol. The van der Waals surface area contributed by atoms with Gasteiger partial charge in [0.2, 0.25) is 0 Å². The first-order chi connectivity index (χ1) is 5.72. The average Bonchev–Trinajstić information content (AvgIpc) is 1.99. The highest BCUT2D eigenvalue weighted by Crippen LogP contribution is 2.18. The smallest absolute Gasteiger partial charge is 0.0424 e. The van der Waals surface area contributed by atoms with Crippen LogP contribution < -0.4 is 5.32 Å². The maximum atomic E-state index is 5.82. The molecule has 66 valence electrons. The first kappa shape index (κ1) is 9.85. The van der Waals surface area contributed by atoms with Gasteiger partial charge >= 0.3 is 0 Å². The summed E-state index contributed by atoms with van der Waals surface area (Å²) in [6, 6.07) is 5.56. The van der Waals surface area contributed by atoms with Gasteiger partial charge in [0.1, 0.15) is 0 Å². The SMILES string of the molecule is CCNCc1cc(Cl)cc(Cl)c1. The second kappa shape index (κ2) is 4.70. The summed E-state index contributed by atoms with van der Waals surface area (Å²) in [6.45, 7) is 3.83. The van der Waals surface area contributed by atoms with E-state index in [2.05, 4.69) is 12.2 Å². The Morgan fingerprint density at radius 1 is 1.17 bits per heavy atom. The van der Waals surface area contributed by atoms with Crippen LogP contribution in [0.1, 0.15) is 12.5 Å². The molecule has 1 aromatic rings. The largest absolute Gasteiger partial charge is 0.313 e. The third kappa shape index (κ3) is 3.02. The van der Waals surface area contributed by atoms with Crippen molar-refractivity contribution in [1.82, 2.24) is 5.32 Å². The van der Waals surface area contributed by atoms with E-state index >= 15 is 0 Å². The Balaban J connectivity index is 2.72. The van der Waals surface area contributed by atoms with Gasteiger partial charge < -0.3 is 5.32 Å². The molecule has 0 heterocycles. The zero-order chi connectivity index (χ0) is 8.97. The second-order valence-corrected chi connectivity index (χ2v) is 3.43. The topological polar surface area (TPSA) is 12.0 Å². The van der Waals surface area contributed by atoms with E-state index in [0.29, 0.717) is 10.0 Å². The van der Waals surface area contributed by atoms with E-state index < -0.39 is 0 Å². The molecule has 0 aliphatic heterocycles. The lowest BCUT2D eigenvalue weighted by atomic mass is 10.2. The molecule has 0 atom stereocenters. The third-order valence-corrected chi connectivity index (χ3v) is 1.94. The Labute approximate surface area is 82.7 Å². The summed E-state index contributed by atoms with van der Waals surface area (Å²) >= 11 is 11.6. The van der Waals surface area contributed by atoms with E-state index in [1.54, 1.807) is 6.07 Å². The molecule has 0 aliphatic carbocycles. The molecule has 0 unspecified atom stereocenters. The minimum absolute atomic E-state index is 0.690. The summed E-state index contributed by atoms with van der Waals surface area (Å²) < 4.78 is 0. The minimum atomic E-state index is 0.690. The molecule has 0 radical (unpaired) electrons. The van der Waals surface area contributed by atoms with Crippen LogP contribution in [0.3, 0.4) is 0 Å². The predicted molar refractivity (Wildman–Crippen MR) is 53.8 cm³/mol. The van der Waals surface area contributed by atoms with Gasteiger partial charge in [-0.3, -0.25) is 0 Å². The fraction of sp³-hybridized carbons (Fsp3) is 0.333. The van der Waals surface area contributed by atoms with Crippen molar-refractivity contribution in [3.63, 3.8) is 0 Å². The van der Waals surface area contributed by atoms with E-state index in [0.717, 1.165) is 18.7 Å². The fourth-order valence-electron chi connectivity index (χ4n) is 0.982. The molecule has 1 nitrogen and oxygen atoms in total. The summed E-state index contributed by atoms with van der Waals surface area (Å²) in [5, 5.41) is 4.58. The van der Waals surface area contributed by atoms with Crippen LogP contribution in [0.5, 0.6) is 0 Å². The van der Waals surface area contributed by atoms with Crippen molar-refractivity contribution >= 4 is 23.2 Å². The van der Waals surface area contributed by atoms with E-state index in [1.165, 1.54) is 0 Å². The molecule has 0 saturated carbocycles. The van der Waals surface area contributed by atoms with Crippen molar-refractivity contribution in [3.8, 4) is 0 Å². The first-order valence-electron chi connectivity index (χ1n) is 3.88. The van der Waals surface area contributed by atoms with Crippen LogP contribution in [-0.4, -0.2) is 6.54 Å². The van der Waals surface area contributed by atoms with Gasteiger partial charge in [0.05, 0.1) is 0 Å². The molecule has 0 aromatic heterocycles. The van der Waals surface area contributed by atoms with E-state index in [1.807, 2.05) is 12.1 Å². The van der Waals surface area contributed by atoms with Crippen molar-refractivity contribution in [2.24, 2.45) is 0 Å². The maximum Gasteiger partial charge on any atom is 0.0424 e. The van der Waals surface area contributed by atoms with Gasteiger partial charge in [-0.15, -0.1) is 0 Å². The van der Waals surface area contributed by atoms with Crippen molar-refractivity contribution in [3.05, 3.63) is 33.8 Å². The minimum Gasteiger partial charge on any atom is -0.313 e. The first-order valence-corrected chi connectivity index (χ1v) is 4.63. The van der Waals surface area contributed by atoms with Crippen LogP contribution in [0.2, 0.25) is 10.0 Å². The summed E-state index contributed by atoms with van der Waals surface area (Å²) in [4.78, 5) is 0. The molecule has 0 fully saturated rings. The van der Waals surface area contributed by atoms with Crippen LogP contribution in [0, 0.1) is 0 Å². The lowest BCUT2D eigenvalue weighted by Crippen LogP contribution is -2.11. The van der Waals surface area contributed by atoms with E-state index in [9.17, 15) is 0 Å². The standard InChI is InChI=1S/C9H11Cl2N/c1-2-12-6-7-3-8(10)5-9(11)4-7/h3-5,12H,2,6H2,1H3. The van der Waals surface area contributed by atoms with Crippen LogP contribution in [0.25, 0.3) is 0 Å². The number of benzene rings is 1. The van der Waals surface area contributed by atoms with E-state index in [-0.39, 0.29) is 0 Å². The molecule has 1 rings (SSSR count). The van der Waals surface area contributed by atoms with Gasteiger partial charge in [-0.05, 0) is 30.3 Å². The molecule has 0 bridgehead atoms. The van der Waals surface area contributed by atoms with Gasteiger partial charge in [-0.2, -0.15) is 0 Å². The molecule has 12 heavy (non-hydrogen) atoms. The van der Waals surface area contributed by atoms with Crippen LogP contribution >= 0.6 is 23.2 Å². The molecule has 0 aliphatic rings. The number of rotatable bonds is 3. The Bertz CT molecular complexity index is 240. The fourth-order valence-corrected chi connectivity index (χ4v) is 1.55. The maximum absolute atomic E-state index is 5.82. The highest BCUT2D eigenvalue weighted by Gasteiger charge is 1.96. The quantitative estimate of drug-likeness (QED) is 0.797. The summed E-state index contributed by atoms with van der Waals surface area (Å²) in [5.74, 6) is 0. The number of halogens is 2. The molecule has 0 spiro atoms. The van der Waals surface area contributed by atoms with Gasteiger partial charge in [0, 0.05) is 16.6 Å². The number of hydrogen-bond donors (Lipinski definition) is 1. The normalized spacial score (nSPS) is 10.2. The van der Waals surface area contributed by atoms with Crippen LogP contribution in [-0.2, 0) is 6.54 Å². The Hall–Kier alpha value is -0.240.